The number of amides is 1. The molecule has 1 aromatic rings. The van der Waals surface area contributed by atoms with Crippen molar-refractivity contribution < 1.29 is 9.53 Å². The molecule has 2 aliphatic rings. The van der Waals surface area contributed by atoms with Gasteiger partial charge in [0.1, 0.15) is 5.75 Å². The lowest BCUT2D eigenvalue weighted by molar-refractivity contribution is -0.121. The van der Waals surface area contributed by atoms with Gasteiger partial charge in [-0.25, -0.2) is 0 Å². The zero-order valence-electron chi connectivity index (χ0n) is 16.6. The van der Waals surface area contributed by atoms with Crippen molar-refractivity contribution in [2.24, 2.45) is 4.99 Å². The lowest BCUT2D eigenvalue weighted by Crippen LogP contribution is -2.42. The number of fused-ring (bicyclic) bond motifs is 1. The van der Waals surface area contributed by atoms with Crippen molar-refractivity contribution >= 4 is 41.5 Å². The number of anilines is 1. The predicted octanol–water partition coefficient (Wildman–Crippen LogP) is 3.48. The topological polar surface area (TPSA) is 66.0 Å². The largest absolute Gasteiger partial charge is 0.482 e. The molecule has 2 N–H and O–H groups in total. The fraction of sp³-hybridized carbons (Fsp3) is 0.524. The first-order valence-corrected chi connectivity index (χ1v) is 9.92. The van der Waals surface area contributed by atoms with Crippen LogP contribution in [0.1, 0.15) is 38.5 Å². The van der Waals surface area contributed by atoms with Crippen LogP contribution in [0.2, 0.25) is 0 Å². The van der Waals surface area contributed by atoms with Crippen LogP contribution < -0.4 is 20.3 Å². The van der Waals surface area contributed by atoms with E-state index in [1.54, 1.807) is 12.6 Å². The van der Waals surface area contributed by atoms with Crippen LogP contribution in [0, 0.1) is 0 Å². The van der Waals surface area contributed by atoms with Crippen molar-refractivity contribution in [1.29, 1.82) is 0 Å². The number of benzene rings is 1. The molecule has 0 aromatic heterocycles. The van der Waals surface area contributed by atoms with Gasteiger partial charge in [0.05, 0.1) is 5.69 Å². The second kappa shape index (κ2) is 11.9. The minimum Gasteiger partial charge on any atom is -0.482 e. The van der Waals surface area contributed by atoms with Crippen LogP contribution in [0.15, 0.2) is 40.9 Å². The number of ether oxygens (including phenoxy) is 1. The van der Waals surface area contributed by atoms with Crippen LogP contribution in [-0.4, -0.2) is 45.2 Å². The summed E-state index contributed by atoms with van der Waals surface area (Å²) in [7, 11) is 1.79. The van der Waals surface area contributed by atoms with Crippen molar-refractivity contribution in [3.05, 3.63) is 35.9 Å². The van der Waals surface area contributed by atoms with Gasteiger partial charge in [-0.2, -0.15) is 0 Å². The molecule has 154 valence electrons. The molecule has 1 heterocycles. The molecule has 0 bridgehead atoms. The van der Waals surface area contributed by atoms with Gasteiger partial charge in [-0.1, -0.05) is 23.8 Å². The number of carbonyl (C=O) groups is 1. The first kappa shape index (κ1) is 22.5. The summed E-state index contributed by atoms with van der Waals surface area (Å²) in [5.74, 6) is 1.61. The highest BCUT2D eigenvalue weighted by atomic mass is 127. The fourth-order valence-electron chi connectivity index (χ4n) is 3.54. The molecular formula is C21H31IN4O2. The molecule has 0 saturated carbocycles. The Balaban J connectivity index is 0.00000280. The average Bonchev–Trinajstić information content (AvgIpc) is 2.72. The molecule has 28 heavy (non-hydrogen) atoms. The van der Waals surface area contributed by atoms with E-state index in [1.807, 2.05) is 29.2 Å². The van der Waals surface area contributed by atoms with E-state index < -0.39 is 0 Å². The van der Waals surface area contributed by atoms with Crippen LogP contribution in [-0.2, 0) is 4.79 Å². The van der Waals surface area contributed by atoms with Crippen LogP contribution in [0.4, 0.5) is 5.69 Å². The molecule has 0 spiro atoms. The molecular weight excluding hydrogens is 467 g/mol. The minimum atomic E-state index is 0. The summed E-state index contributed by atoms with van der Waals surface area (Å²) in [6.45, 7) is 2.44. The van der Waals surface area contributed by atoms with E-state index in [1.165, 1.54) is 25.7 Å². The first-order chi connectivity index (χ1) is 13.3. The lowest BCUT2D eigenvalue weighted by Gasteiger charge is -2.29. The van der Waals surface area contributed by atoms with Gasteiger partial charge in [0.25, 0.3) is 5.91 Å². The Bertz CT molecular complexity index is 705. The van der Waals surface area contributed by atoms with Gasteiger partial charge in [0.15, 0.2) is 12.6 Å². The maximum absolute atomic E-state index is 12.2. The molecule has 1 amide bonds. The molecule has 0 atom stereocenters. The monoisotopic (exact) mass is 498 g/mol. The Morgan fingerprint density at radius 2 is 2.04 bits per heavy atom. The highest BCUT2D eigenvalue weighted by Crippen LogP contribution is 2.31. The van der Waals surface area contributed by atoms with Gasteiger partial charge in [-0.05, 0) is 50.7 Å². The zero-order valence-corrected chi connectivity index (χ0v) is 18.9. The number of carbonyl (C=O) groups excluding carboxylic acids is 1. The second-order valence-corrected chi connectivity index (χ2v) is 6.94. The van der Waals surface area contributed by atoms with Crippen molar-refractivity contribution in [2.45, 2.75) is 38.5 Å². The predicted molar refractivity (Wildman–Crippen MR) is 125 cm³/mol. The maximum Gasteiger partial charge on any atom is 0.265 e. The van der Waals surface area contributed by atoms with E-state index in [9.17, 15) is 4.79 Å². The van der Waals surface area contributed by atoms with E-state index in [4.69, 9.17) is 4.74 Å². The molecule has 0 radical (unpaired) electrons. The van der Waals surface area contributed by atoms with Crippen LogP contribution in [0.5, 0.6) is 5.75 Å². The summed E-state index contributed by atoms with van der Waals surface area (Å²) in [4.78, 5) is 18.3. The smallest absolute Gasteiger partial charge is 0.265 e. The molecule has 3 rings (SSSR count). The van der Waals surface area contributed by atoms with Crippen LogP contribution in [0.25, 0.3) is 0 Å². The zero-order chi connectivity index (χ0) is 18.9. The third-order valence-electron chi connectivity index (χ3n) is 5.01. The molecule has 0 fully saturated rings. The van der Waals surface area contributed by atoms with E-state index >= 15 is 0 Å². The number of halogens is 1. The van der Waals surface area contributed by atoms with Crippen LogP contribution >= 0.6 is 24.0 Å². The number of para-hydroxylation sites is 2. The Hall–Kier alpha value is -1.77. The van der Waals surface area contributed by atoms with E-state index in [0.29, 0.717) is 6.54 Å². The summed E-state index contributed by atoms with van der Waals surface area (Å²) in [6, 6.07) is 7.69. The first-order valence-electron chi connectivity index (χ1n) is 9.92. The number of hydrogen-bond donors (Lipinski definition) is 2. The Kier molecular flexibility index (Phi) is 9.60. The van der Waals surface area contributed by atoms with Gasteiger partial charge in [-0.15, -0.1) is 24.0 Å². The standard InChI is InChI=1S/C21H30N4O2.HI/c1-22-21(24-14-12-17-8-3-2-4-9-17)23-13-7-15-25-18-10-5-6-11-19(18)27-16-20(25)26;/h5-6,8,10-11H,2-4,7,9,12-16H2,1H3,(H2,22,23,24);1H. The Labute approximate surface area is 184 Å². The number of guanidine groups is 1. The summed E-state index contributed by atoms with van der Waals surface area (Å²) in [5, 5.41) is 6.71. The normalized spacial score (nSPS) is 16.5. The van der Waals surface area contributed by atoms with Crippen LogP contribution in [0.3, 0.4) is 0 Å². The number of hydrogen-bond acceptors (Lipinski definition) is 3. The molecule has 7 heteroatoms. The number of rotatable bonds is 7. The van der Waals surface area contributed by atoms with Crippen molar-refractivity contribution in [3.8, 4) is 5.75 Å². The van der Waals surface area contributed by atoms with Crippen molar-refractivity contribution in [3.63, 3.8) is 0 Å². The summed E-state index contributed by atoms with van der Waals surface area (Å²) in [5.41, 5.74) is 2.42. The van der Waals surface area contributed by atoms with Gasteiger partial charge in [-0.3, -0.25) is 9.79 Å². The molecule has 0 saturated heterocycles. The molecule has 6 nitrogen and oxygen atoms in total. The summed E-state index contributed by atoms with van der Waals surface area (Å²) < 4.78 is 5.48. The molecule has 1 aliphatic carbocycles. The van der Waals surface area contributed by atoms with Gasteiger partial charge in [0.2, 0.25) is 0 Å². The minimum absolute atomic E-state index is 0. The summed E-state index contributed by atoms with van der Waals surface area (Å²) in [6.07, 6.45) is 9.43. The van der Waals surface area contributed by atoms with Gasteiger partial charge in [0, 0.05) is 26.7 Å². The SMILES string of the molecule is CN=C(NCCCN1C(=O)COc2ccccc21)NCCC1=CCCCC1.I. The Morgan fingerprint density at radius 1 is 1.21 bits per heavy atom. The van der Waals surface area contributed by atoms with E-state index in [2.05, 4.69) is 21.7 Å². The number of aliphatic imine (C=N–C) groups is 1. The number of nitrogens with zero attached hydrogens (tertiary/aromatic N) is 2. The molecule has 0 unspecified atom stereocenters. The highest BCUT2D eigenvalue weighted by Gasteiger charge is 2.24. The van der Waals surface area contributed by atoms with Gasteiger partial charge >= 0.3 is 0 Å². The maximum atomic E-state index is 12.2. The molecule has 1 aliphatic heterocycles. The van der Waals surface area contributed by atoms with Crippen molar-refractivity contribution in [2.75, 3.05) is 38.2 Å². The quantitative estimate of drug-likeness (QED) is 0.199. The Morgan fingerprint density at radius 3 is 2.82 bits per heavy atom. The lowest BCUT2D eigenvalue weighted by atomic mass is 9.97. The van der Waals surface area contributed by atoms with E-state index in [-0.39, 0.29) is 36.5 Å². The second-order valence-electron chi connectivity index (χ2n) is 6.94. The fourth-order valence-corrected chi connectivity index (χ4v) is 3.54. The summed E-state index contributed by atoms with van der Waals surface area (Å²) >= 11 is 0. The number of allylic oxidation sites excluding steroid dienone is 1. The number of nitrogens with one attached hydrogen (secondary N) is 2. The molecule has 1 aromatic carbocycles. The average molecular weight is 498 g/mol. The third kappa shape index (κ3) is 6.39. The van der Waals surface area contributed by atoms with Crippen molar-refractivity contribution in [1.82, 2.24) is 10.6 Å². The highest BCUT2D eigenvalue weighted by molar-refractivity contribution is 14.0. The van der Waals surface area contributed by atoms with E-state index in [0.717, 1.165) is 43.3 Å². The third-order valence-corrected chi connectivity index (χ3v) is 5.01. The van der Waals surface area contributed by atoms with Gasteiger partial charge < -0.3 is 20.3 Å².